The van der Waals surface area contributed by atoms with Crippen LogP contribution in [0.15, 0.2) is 30.3 Å². The second kappa shape index (κ2) is 6.93. The standard InChI is InChI=1S/C15H16Cl2N2O/c1-10-7-13(16)19-15(17)14(10)18-8-11-3-5-12(6-4-11)9-20-2/h3-7,18H,8-9H2,1-2H3. The molecule has 1 aromatic heterocycles. The average Bonchev–Trinajstić information content (AvgIpc) is 2.39. The van der Waals surface area contributed by atoms with E-state index in [1.165, 1.54) is 0 Å². The van der Waals surface area contributed by atoms with Crippen LogP contribution in [0.1, 0.15) is 16.7 Å². The van der Waals surface area contributed by atoms with Crippen molar-refractivity contribution in [2.75, 3.05) is 12.4 Å². The lowest BCUT2D eigenvalue weighted by Crippen LogP contribution is -2.03. The van der Waals surface area contributed by atoms with Crippen LogP contribution >= 0.6 is 23.2 Å². The number of nitrogens with one attached hydrogen (secondary N) is 1. The fraction of sp³-hybridized carbons (Fsp3) is 0.267. The van der Waals surface area contributed by atoms with Crippen LogP contribution in [0, 0.1) is 6.92 Å². The van der Waals surface area contributed by atoms with Crippen molar-refractivity contribution < 1.29 is 4.74 Å². The smallest absolute Gasteiger partial charge is 0.154 e. The van der Waals surface area contributed by atoms with Crippen LogP contribution in [0.2, 0.25) is 10.3 Å². The molecule has 1 heterocycles. The van der Waals surface area contributed by atoms with Crippen molar-refractivity contribution in [3.63, 3.8) is 0 Å². The third-order valence-electron chi connectivity index (χ3n) is 2.94. The van der Waals surface area contributed by atoms with Gasteiger partial charge in [-0.2, -0.15) is 0 Å². The fourth-order valence-electron chi connectivity index (χ4n) is 1.92. The fourth-order valence-corrected chi connectivity index (χ4v) is 2.52. The quantitative estimate of drug-likeness (QED) is 0.828. The molecule has 0 saturated carbocycles. The molecule has 0 aliphatic heterocycles. The molecule has 5 heteroatoms. The first-order valence-corrected chi connectivity index (χ1v) is 6.99. The minimum Gasteiger partial charge on any atom is -0.380 e. The van der Waals surface area contributed by atoms with Crippen LogP contribution in [0.5, 0.6) is 0 Å². The van der Waals surface area contributed by atoms with E-state index in [2.05, 4.69) is 34.6 Å². The molecule has 2 aromatic rings. The van der Waals surface area contributed by atoms with E-state index in [9.17, 15) is 0 Å². The second-order valence-electron chi connectivity index (χ2n) is 4.53. The molecule has 1 aromatic carbocycles. The molecule has 0 bridgehead atoms. The van der Waals surface area contributed by atoms with Crippen LogP contribution in [0.4, 0.5) is 5.69 Å². The molecule has 106 valence electrons. The lowest BCUT2D eigenvalue weighted by atomic mass is 10.1. The number of aryl methyl sites for hydroxylation is 1. The van der Waals surface area contributed by atoms with Gasteiger partial charge in [0.2, 0.25) is 0 Å². The Hall–Kier alpha value is -1.29. The van der Waals surface area contributed by atoms with E-state index < -0.39 is 0 Å². The first kappa shape index (κ1) is 15.1. The number of pyridine rings is 1. The first-order valence-electron chi connectivity index (χ1n) is 6.23. The van der Waals surface area contributed by atoms with Gasteiger partial charge in [-0.3, -0.25) is 0 Å². The van der Waals surface area contributed by atoms with Crippen LogP contribution in [-0.2, 0) is 17.9 Å². The Kier molecular flexibility index (Phi) is 5.24. The van der Waals surface area contributed by atoms with Crippen molar-refractivity contribution >= 4 is 28.9 Å². The summed E-state index contributed by atoms with van der Waals surface area (Å²) in [7, 11) is 1.69. The maximum absolute atomic E-state index is 6.09. The van der Waals surface area contributed by atoms with Gasteiger partial charge in [0.25, 0.3) is 0 Å². The molecule has 0 unspecified atom stereocenters. The number of ether oxygens (including phenoxy) is 1. The summed E-state index contributed by atoms with van der Waals surface area (Å²) in [5, 5.41) is 4.09. The highest BCUT2D eigenvalue weighted by molar-refractivity contribution is 6.34. The number of benzene rings is 1. The van der Waals surface area contributed by atoms with Gasteiger partial charge in [0, 0.05) is 13.7 Å². The normalized spacial score (nSPS) is 10.6. The monoisotopic (exact) mass is 310 g/mol. The Morgan fingerprint density at radius 1 is 1.15 bits per heavy atom. The van der Waals surface area contributed by atoms with Gasteiger partial charge in [0.15, 0.2) is 5.15 Å². The maximum Gasteiger partial charge on any atom is 0.154 e. The summed E-state index contributed by atoms with van der Waals surface area (Å²) >= 11 is 11.9. The van der Waals surface area contributed by atoms with Gasteiger partial charge >= 0.3 is 0 Å². The van der Waals surface area contributed by atoms with Gasteiger partial charge in [0.1, 0.15) is 5.15 Å². The second-order valence-corrected chi connectivity index (χ2v) is 5.28. The summed E-state index contributed by atoms with van der Waals surface area (Å²) in [6.45, 7) is 3.25. The Balaban J connectivity index is 2.05. The highest BCUT2D eigenvalue weighted by Gasteiger charge is 2.07. The number of methoxy groups -OCH3 is 1. The van der Waals surface area contributed by atoms with Crippen LogP contribution in [0.3, 0.4) is 0 Å². The largest absolute Gasteiger partial charge is 0.380 e. The first-order chi connectivity index (χ1) is 9.60. The number of hydrogen-bond acceptors (Lipinski definition) is 3. The van der Waals surface area contributed by atoms with E-state index in [1.54, 1.807) is 13.2 Å². The molecule has 0 radical (unpaired) electrons. The number of halogens is 2. The number of hydrogen-bond donors (Lipinski definition) is 1. The summed E-state index contributed by atoms with van der Waals surface area (Å²) in [6, 6.07) is 10.0. The zero-order chi connectivity index (χ0) is 14.5. The molecule has 0 spiro atoms. The molecular formula is C15H16Cl2N2O. The van der Waals surface area contributed by atoms with Gasteiger partial charge in [-0.05, 0) is 29.7 Å². The average molecular weight is 311 g/mol. The summed E-state index contributed by atoms with van der Waals surface area (Å²) in [6.07, 6.45) is 0. The van der Waals surface area contributed by atoms with Gasteiger partial charge < -0.3 is 10.1 Å². The summed E-state index contributed by atoms with van der Waals surface area (Å²) < 4.78 is 5.09. The minimum absolute atomic E-state index is 0.394. The van der Waals surface area contributed by atoms with Gasteiger partial charge in [0.05, 0.1) is 12.3 Å². The van der Waals surface area contributed by atoms with Crippen LogP contribution in [-0.4, -0.2) is 12.1 Å². The number of nitrogens with zero attached hydrogens (tertiary/aromatic N) is 1. The lowest BCUT2D eigenvalue weighted by molar-refractivity contribution is 0.185. The van der Waals surface area contributed by atoms with Crippen molar-refractivity contribution in [3.05, 3.63) is 57.3 Å². The van der Waals surface area contributed by atoms with Gasteiger partial charge in [-0.1, -0.05) is 47.5 Å². The van der Waals surface area contributed by atoms with Crippen molar-refractivity contribution in [1.82, 2.24) is 4.98 Å². The molecule has 0 amide bonds. The lowest BCUT2D eigenvalue weighted by Gasteiger charge is -2.11. The number of aromatic nitrogens is 1. The van der Waals surface area contributed by atoms with E-state index in [0.29, 0.717) is 23.5 Å². The molecule has 1 N–H and O–H groups in total. The van der Waals surface area contributed by atoms with E-state index >= 15 is 0 Å². The Labute approximate surface area is 128 Å². The molecule has 0 aliphatic carbocycles. The van der Waals surface area contributed by atoms with Gasteiger partial charge in [-0.25, -0.2) is 4.98 Å². The molecule has 2 rings (SSSR count). The van der Waals surface area contributed by atoms with E-state index in [-0.39, 0.29) is 0 Å². The Morgan fingerprint density at radius 3 is 2.40 bits per heavy atom. The Morgan fingerprint density at radius 2 is 1.80 bits per heavy atom. The number of anilines is 1. The van der Waals surface area contributed by atoms with Crippen molar-refractivity contribution in [3.8, 4) is 0 Å². The SMILES string of the molecule is COCc1ccc(CNc2c(C)cc(Cl)nc2Cl)cc1. The molecule has 0 atom stereocenters. The van der Waals surface area contributed by atoms with Crippen molar-refractivity contribution in [2.45, 2.75) is 20.1 Å². The van der Waals surface area contributed by atoms with E-state index in [0.717, 1.165) is 22.4 Å². The molecule has 0 saturated heterocycles. The molecule has 0 fully saturated rings. The van der Waals surface area contributed by atoms with Crippen molar-refractivity contribution in [2.24, 2.45) is 0 Å². The Bertz CT molecular complexity index is 562. The van der Waals surface area contributed by atoms with Crippen molar-refractivity contribution in [1.29, 1.82) is 0 Å². The third-order valence-corrected chi connectivity index (χ3v) is 3.41. The van der Waals surface area contributed by atoms with Gasteiger partial charge in [-0.15, -0.1) is 0 Å². The third kappa shape index (κ3) is 3.85. The molecule has 3 nitrogen and oxygen atoms in total. The van der Waals surface area contributed by atoms with Crippen LogP contribution < -0.4 is 5.32 Å². The summed E-state index contributed by atoms with van der Waals surface area (Å²) in [4.78, 5) is 4.04. The predicted octanol–water partition coefficient (Wildman–Crippen LogP) is 4.46. The molecule has 20 heavy (non-hydrogen) atoms. The van der Waals surface area contributed by atoms with Crippen LogP contribution in [0.25, 0.3) is 0 Å². The minimum atomic E-state index is 0.394. The van der Waals surface area contributed by atoms with E-state index in [4.69, 9.17) is 27.9 Å². The summed E-state index contributed by atoms with van der Waals surface area (Å²) in [5.74, 6) is 0. The number of rotatable bonds is 5. The molecular weight excluding hydrogens is 295 g/mol. The topological polar surface area (TPSA) is 34.1 Å². The highest BCUT2D eigenvalue weighted by Crippen LogP contribution is 2.26. The maximum atomic E-state index is 6.09. The highest BCUT2D eigenvalue weighted by atomic mass is 35.5. The summed E-state index contributed by atoms with van der Waals surface area (Å²) in [5.41, 5.74) is 4.11. The predicted molar refractivity (Wildman–Crippen MR) is 83.5 cm³/mol. The van der Waals surface area contributed by atoms with E-state index in [1.807, 2.05) is 6.92 Å². The zero-order valence-corrected chi connectivity index (χ0v) is 12.9. The molecule has 0 aliphatic rings. The zero-order valence-electron chi connectivity index (χ0n) is 11.4.